The van der Waals surface area contributed by atoms with Crippen molar-refractivity contribution < 1.29 is 27.6 Å². The van der Waals surface area contributed by atoms with Gasteiger partial charge in [-0.25, -0.2) is 13.2 Å². The summed E-state index contributed by atoms with van der Waals surface area (Å²) in [6, 6.07) is 17.8. The molecule has 0 bridgehead atoms. The summed E-state index contributed by atoms with van der Waals surface area (Å²) in [5, 5.41) is 11.1. The van der Waals surface area contributed by atoms with Gasteiger partial charge in [0, 0.05) is 13.1 Å². The van der Waals surface area contributed by atoms with Crippen molar-refractivity contribution in [3.05, 3.63) is 94.0 Å². The molecule has 0 saturated heterocycles. The van der Waals surface area contributed by atoms with E-state index in [2.05, 4.69) is 0 Å². The Morgan fingerprint density at radius 1 is 1.03 bits per heavy atom. The monoisotopic (exact) mass is 456 g/mol. The summed E-state index contributed by atoms with van der Waals surface area (Å²) >= 11 is 0. The van der Waals surface area contributed by atoms with E-state index in [4.69, 9.17) is 9.47 Å². The first-order valence-corrected chi connectivity index (χ1v) is 10.8. The third-order valence-corrected chi connectivity index (χ3v) is 6.49. The Hall–Kier alpha value is -3.92. The first kappa shape index (κ1) is 22.8. The first-order chi connectivity index (χ1) is 15.2. The predicted octanol–water partition coefficient (Wildman–Crippen LogP) is 3.79. The maximum absolute atomic E-state index is 13.0. The molecule has 0 heterocycles. The molecule has 3 rings (SSSR count). The van der Waals surface area contributed by atoms with Gasteiger partial charge in [0.05, 0.1) is 33.7 Å². The van der Waals surface area contributed by atoms with Crippen LogP contribution in [0.15, 0.2) is 77.7 Å². The minimum Gasteiger partial charge on any atom is -0.497 e. The number of nitro groups is 1. The molecule has 0 fully saturated rings. The summed E-state index contributed by atoms with van der Waals surface area (Å²) in [7, 11) is -1.05. The fraction of sp³-hybridized carbons (Fsp3) is 0.136. The standard InChI is InChI=1S/C22H20N2O7S/c1-23(18-10-12-19(30-2)13-11-18)32(28,29)20-8-5-7-16(14-20)22(25)31-15-17-6-3-4-9-21(17)24(26)27/h3-14H,15H2,1-2H3. The van der Waals surface area contributed by atoms with Crippen LogP contribution in [-0.4, -0.2) is 33.5 Å². The molecule has 0 unspecified atom stereocenters. The zero-order valence-corrected chi connectivity index (χ0v) is 18.1. The number of para-hydroxylation sites is 1. The van der Waals surface area contributed by atoms with Crippen molar-refractivity contribution in [3.8, 4) is 5.75 Å². The van der Waals surface area contributed by atoms with Crippen LogP contribution < -0.4 is 9.04 Å². The van der Waals surface area contributed by atoms with Crippen molar-refractivity contribution >= 4 is 27.4 Å². The number of hydrogen-bond acceptors (Lipinski definition) is 7. The van der Waals surface area contributed by atoms with E-state index in [1.54, 1.807) is 30.3 Å². The van der Waals surface area contributed by atoms with Crippen molar-refractivity contribution in [2.75, 3.05) is 18.5 Å². The number of carbonyl (C=O) groups excluding carboxylic acids is 1. The molecule has 0 aliphatic heterocycles. The summed E-state index contributed by atoms with van der Waals surface area (Å²) in [6.45, 7) is -0.321. The third kappa shape index (κ3) is 4.86. The van der Waals surface area contributed by atoms with Gasteiger partial charge in [-0.3, -0.25) is 14.4 Å². The molecule has 0 spiro atoms. The van der Waals surface area contributed by atoms with Crippen molar-refractivity contribution in [3.63, 3.8) is 0 Å². The molecular weight excluding hydrogens is 436 g/mol. The molecule has 10 heteroatoms. The zero-order valence-electron chi connectivity index (χ0n) is 17.3. The van der Waals surface area contributed by atoms with E-state index in [0.29, 0.717) is 11.4 Å². The first-order valence-electron chi connectivity index (χ1n) is 9.36. The summed E-state index contributed by atoms with van der Waals surface area (Å²) < 4.78 is 37.4. The molecule has 3 aromatic rings. The van der Waals surface area contributed by atoms with Crippen LogP contribution in [0.25, 0.3) is 0 Å². The minimum absolute atomic E-state index is 0.00721. The Morgan fingerprint density at radius 2 is 1.72 bits per heavy atom. The molecule has 0 aliphatic rings. The number of esters is 1. The fourth-order valence-electron chi connectivity index (χ4n) is 2.91. The molecule has 0 amide bonds. The Labute approximate surface area is 185 Å². The summed E-state index contributed by atoms with van der Waals surface area (Å²) in [5.41, 5.74) is 0.481. The fourth-order valence-corrected chi connectivity index (χ4v) is 4.15. The van der Waals surface area contributed by atoms with Crippen LogP contribution in [0.4, 0.5) is 11.4 Å². The van der Waals surface area contributed by atoms with Crippen molar-refractivity contribution in [2.24, 2.45) is 0 Å². The number of anilines is 1. The van der Waals surface area contributed by atoms with E-state index in [1.165, 1.54) is 56.6 Å². The van der Waals surface area contributed by atoms with Crippen LogP contribution in [0.2, 0.25) is 0 Å². The largest absolute Gasteiger partial charge is 0.497 e. The highest BCUT2D eigenvalue weighted by atomic mass is 32.2. The Morgan fingerprint density at radius 3 is 2.38 bits per heavy atom. The Balaban J connectivity index is 1.79. The van der Waals surface area contributed by atoms with E-state index in [1.807, 2.05) is 0 Å². The lowest BCUT2D eigenvalue weighted by Crippen LogP contribution is -2.26. The molecule has 3 aromatic carbocycles. The highest BCUT2D eigenvalue weighted by Crippen LogP contribution is 2.25. The Bertz CT molecular complexity index is 1240. The van der Waals surface area contributed by atoms with Crippen LogP contribution in [0.5, 0.6) is 5.75 Å². The summed E-state index contributed by atoms with van der Waals surface area (Å²) in [6.07, 6.45) is 0. The highest BCUT2D eigenvalue weighted by Gasteiger charge is 2.23. The smallest absolute Gasteiger partial charge is 0.338 e. The molecule has 0 aliphatic carbocycles. The zero-order chi connectivity index (χ0) is 23.3. The number of methoxy groups -OCH3 is 1. The quantitative estimate of drug-likeness (QED) is 0.288. The van der Waals surface area contributed by atoms with Crippen molar-refractivity contribution in [1.82, 2.24) is 0 Å². The summed E-state index contributed by atoms with van der Waals surface area (Å²) in [4.78, 5) is 22.9. The molecule has 9 nitrogen and oxygen atoms in total. The molecule has 0 saturated carbocycles. The van der Waals surface area contributed by atoms with Crippen LogP contribution in [-0.2, 0) is 21.4 Å². The average molecular weight is 456 g/mol. The molecule has 0 radical (unpaired) electrons. The van der Waals surface area contributed by atoms with E-state index in [0.717, 1.165) is 4.31 Å². The van der Waals surface area contributed by atoms with E-state index < -0.39 is 20.9 Å². The van der Waals surface area contributed by atoms with E-state index in [-0.39, 0.29) is 28.3 Å². The lowest BCUT2D eigenvalue weighted by Gasteiger charge is -2.20. The lowest BCUT2D eigenvalue weighted by atomic mass is 10.2. The van der Waals surface area contributed by atoms with E-state index in [9.17, 15) is 23.3 Å². The second kappa shape index (κ2) is 9.48. The van der Waals surface area contributed by atoms with Gasteiger partial charge >= 0.3 is 5.97 Å². The molecular formula is C22H20N2O7S. The molecule has 0 N–H and O–H groups in total. The van der Waals surface area contributed by atoms with Crippen LogP contribution in [0, 0.1) is 10.1 Å². The molecule has 32 heavy (non-hydrogen) atoms. The number of rotatable bonds is 8. The highest BCUT2D eigenvalue weighted by molar-refractivity contribution is 7.92. The average Bonchev–Trinajstić information content (AvgIpc) is 2.82. The maximum atomic E-state index is 13.0. The minimum atomic E-state index is -3.96. The number of carbonyl (C=O) groups is 1. The summed E-state index contributed by atoms with van der Waals surface area (Å²) in [5.74, 6) is -0.213. The van der Waals surface area contributed by atoms with Gasteiger partial charge in [0.25, 0.3) is 15.7 Å². The van der Waals surface area contributed by atoms with Gasteiger partial charge in [-0.2, -0.15) is 0 Å². The molecule has 0 aromatic heterocycles. The van der Waals surface area contributed by atoms with Crippen LogP contribution in [0.1, 0.15) is 15.9 Å². The van der Waals surface area contributed by atoms with Gasteiger partial charge in [-0.05, 0) is 48.5 Å². The Kier molecular flexibility index (Phi) is 6.74. The number of hydrogen-bond donors (Lipinski definition) is 0. The number of sulfonamides is 1. The number of nitrogens with zero attached hydrogens (tertiary/aromatic N) is 2. The predicted molar refractivity (Wildman–Crippen MR) is 117 cm³/mol. The van der Waals surface area contributed by atoms with Gasteiger partial charge in [-0.15, -0.1) is 0 Å². The lowest BCUT2D eigenvalue weighted by molar-refractivity contribution is -0.385. The number of benzene rings is 3. The van der Waals surface area contributed by atoms with E-state index >= 15 is 0 Å². The normalized spacial score (nSPS) is 10.9. The van der Waals surface area contributed by atoms with Crippen molar-refractivity contribution in [2.45, 2.75) is 11.5 Å². The maximum Gasteiger partial charge on any atom is 0.338 e. The SMILES string of the molecule is COc1ccc(N(C)S(=O)(=O)c2cccc(C(=O)OCc3ccccc3[N+](=O)[O-])c2)cc1. The van der Waals surface area contributed by atoms with Gasteiger partial charge in [0.2, 0.25) is 0 Å². The van der Waals surface area contributed by atoms with Gasteiger partial charge < -0.3 is 9.47 Å². The van der Waals surface area contributed by atoms with Gasteiger partial charge in [0.15, 0.2) is 0 Å². The third-order valence-electron chi connectivity index (χ3n) is 4.71. The molecule has 0 atom stereocenters. The van der Waals surface area contributed by atoms with Crippen LogP contribution >= 0.6 is 0 Å². The number of nitro benzene ring substituents is 1. The van der Waals surface area contributed by atoms with Crippen molar-refractivity contribution in [1.29, 1.82) is 0 Å². The topological polar surface area (TPSA) is 116 Å². The van der Waals surface area contributed by atoms with Gasteiger partial charge in [0.1, 0.15) is 12.4 Å². The van der Waals surface area contributed by atoms with Gasteiger partial charge in [-0.1, -0.05) is 18.2 Å². The second-order valence-corrected chi connectivity index (χ2v) is 8.63. The molecule has 166 valence electrons. The number of ether oxygens (including phenoxy) is 2. The van der Waals surface area contributed by atoms with Crippen LogP contribution in [0.3, 0.4) is 0 Å². The second-order valence-electron chi connectivity index (χ2n) is 6.66.